The van der Waals surface area contributed by atoms with E-state index in [1.165, 1.54) is 36.4 Å². The smallest absolute Gasteiger partial charge is 0.376 e. The number of alkyl halides is 3. The van der Waals surface area contributed by atoms with Crippen LogP contribution >= 0.6 is 0 Å². The van der Waals surface area contributed by atoms with Crippen molar-refractivity contribution in [2.75, 3.05) is 5.32 Å². The van der Waals surface area contributed by atoms with Crippen LogP contribution in [0.15, 0.2) is 53.4 Å². The molecule has 2 aromatic rings. The van der Waals surface area contributed by atoms with E-state index >= 15 is 0 Å². The van der Waals surface area contributed by atoms with Crippen LogP contribution < -0.4 is 10.0 Å². The molecule has 3 N–H and O–H groups in total. The Bertz CT molecular complexity index is 1140. The van der Waals surface area contributed by atoms with Crippen LogP contribution in [-0.2, 0) is 26.8 Å². The third-order valence-electron chi connectivity index (χ3n) is 6.46. The van der Waals surface area contributed by atoms with Gasteiger partial charge in [0.2, 0.25) is 15.9 Å². The molecule has 10 heteroatoms. The summed E-state index contributed by atoms with van der Waals surface area (Å²) < 4.78 is 68.8. The highest BCUT2D eigenvalue weighted by Crippen LogP contribution is 2.50. The summed E-state index contributed by atoms with van der Waals surface area (Å²) in [4.78, 5) is 12.6. The van der Waals surface area contributed by atoms with Crippen LogP contribution in [-0.4, -0.2) is 31.6 Å². The molecular weight excluding hydrogens is 469 g/mol. The lowest BCUT2D eigenvalue weighted by Crippen LogP contribution is -2.47. The Morgan fingerprint density at radius 2 is 1.65 bits per heavy atom. The number of anilines is 1. The zero-order valence-electron chi connectivity index (χ0n) is 18.4. The lowest BCUT2D eigenvalue weighted by atomic mass is 9.79. The van der Waals surface area contributed by atoms with Crippen molar-refractivity contribution in [2.24, 2.45) is 5.92 Å². The van der Waals surface area contributed by atoms with Crippen molar-refractivity contribution in [3.05, 3.63) is 59.7 Å². The van der Waals surface area contributed by atoms with E-state index in [9.17, 15) is 31.5 Å². The molecule has 0 radical (unpaired) electrons. The maximum Gasteiger partial charge on any atom is 0.421 e. The summed E-state index contributed by atoms with van der Waals surface area (Å²) in [5, 5.41) is 13.3. The molecular formula is C24H27F3N2O4S. The zero-order valence-corrected chi connectivity index (χ0v) is 19.3. The van der Waals surface area contributed by atoms with Crippen LogP contribution in [0.3, 0.4) is 0 Å². The number of amides is 1. The Labute approximate surface area is 196 Å². The van der Waals surface area contributed by atoms with Gasteiger partial charge in [-0.05, 0) is 61.1 Å². The number of sulfonamides is 1. The minimum Gasteiger partial charge on any atom is -0.376 e. The van der Waals surface area contributed by atoms with Crippen LogP contribution in [0.2, 0.25) is 0 Å². The number of aliphatic hydroxyl groups is 1. The fraction of sp³-hybridized carbons (Fsp3) is 0.458. The zero-order chi connectivity index (χ0) is 24.6. The summed E-state index contributed by atoms with van der Waals surface area (Å²) in [6.07, 6.45) is -1.40. The summed E-state index contributed by atoms with van der Waals surface area (Å²) in [5.41, 5.74) is -2.40. The Hall–Kier alpha value is -2.43. The highest BCUT2D eigenvalue weighted by Gasteiger charge is 2.59. The first-order chi connectivity index (χ1) is 16.0. The first-order valence-electron chi connectivity index (χ1n) is 11.3. The van der Waals surface area contributed by atoms with Gasteiger partial charge in [0, 0.05) is 17.6 Å². The van der Waals surface area contributed by atoms with Crippen molar-refractivity contribution in [3.8, 4) is 0 Å². The molecule has 1 unspecified atom stereocenters. The molecule has 0 aromatic heterocycles. The normalized spacial score (nSPS) is 19.1. The SMILES string of the molecule is O=C(Cc1cccc(S(=O)(=O)NC2CC2)c1)Nc1ccc(C(O)(C2CCCC2)C(F)(F)F)cc1. The van der Waals surface area contributed by atoms with Gasteiger partial charge >= 0.3 is 6.18 Å². The Kier molecular flexibility index (Phi) is 6.76. The van der Waals surface area contributed by atoms with Crippen LogP contribution in [0, 0.1) is 5.92 Å². The average Bonchev–Trinajstić information content (AvgIpc) is 3.39. The van der Waals surface area contributed by atoms with E-state index in [0.717, 1.165) is 12.8 Å². The Balaban J connectivity index is 1.44. The summed E-state index contributed by atoms with van der Waals surface area (Å²) in [6, 6.07) is 11.1. The van der Waals surface area contributed by atoms with Crippen molar-refractivity contribution in [1.82, 2.24) is 4.72 Å². The van der Waals surface area contributed by atoms with Gasteiger partial charge < -0.3 is 10.4 Å². The second kappa shape index (κ2) is 9.31. The number of hydrogen-bond donors (Lipinski definition) is 3. The van der Waals surface area contributed by atoms with Crippen LogP contribution in [0.1, 0.15) is 49.7 Å². The van der Waals surface area contributed by atoms with Gasteiger partial charge in [0.05, 0.1) is 11.3 Å². The highest BCUT2D eigenvalue weighted by molar-refractivity contribution is 7.89. The number of nitrogens with one attached hydrogen (secondary N) is 2. The number of hydrogen-bond acceptors (Lipinski definition) is 4. The van der Waals surface area contributed by atoms with Gasteiger partial charge in [0.1, 0.15) is 0 Å². The number of carbonyl (C=O) groups is 1. The van der Waals surface area contributed by atoms with E-state index in [1.807, 2.05) is 0 Å². The molecule has 6 nitrogen and oxygen atoms in total. The van der Waals surface area contributed by atoms with Crippen LogP contribution in [0.5, 0.6) is 0 Å². The molecule has 0 saturated heterocycles. The molecule has 2 saturated carbocycles. The number of halogens is 3. The molecule has 0 aliphatic heterocycles. The third kappa shape index (κ3) is 5.29. The molecule has 2 aliphatic carbocycles. The summed E-state index contributed by atoms with van der Waals surface area (Å²) in [6.45, 7) is 0. The molecule has 1 amide bonds. The maximum atomic E-state index is 13.8. The van der Waals surface area contributed by atoms with Gasteiger partial charge in [0.15, 0.2) is 5.60 Å². The number of carbonyl (C=O) groups excluding carboxylic acids is 1. The lowest BCUT2D eigenvalue weighted by Gasteiger charge is -2.36. The number of rotatable bonds is 8. The minimum absolute atomic E-state index is 0.0383. The molecule has 0 heterocycles. The second-order valence-electron chi connectivity index (χ2n) is 9.09. The van der Waals surface area contributed by atoms with Gasteiger partial charge in [-0.3, -0.25) is 4.79 Å². The fourth-order valence-corrected chi connectivity index (χ4v) is 5.86. The molecule has 2 fully saturated rings. The van der Waals surface area contributed by atoms with Gasteiger partial charge in [-0.2, -0.15) is 13.2 Å². The maximum absolute atomic E-state index is 13.8. The highest BCUT2D eigenvalue weighted by atomic mass is 32.2. The van der Waals surface area contributed by atoms with E-state index in [-0.39, 0.29) is 28.6 Å². The molecule has 2 aromatic carbocycles. The Morgan fingerprint density at radius 1 is 1.00 bits per heavy atom. The molecule has 0 spiro atoms. The first-order valence-corrected chi connectivity index (χ1v) is 12.8. The van der Waals surface area contributed by atoms with E-state index in [4.69, 9.17) is 0 Å². The van der Waals surface area contributed by atoms with Crippen molar-refractivity contribution >= 4 is 21.6 Å². The first kappa shape index (κ1) is 24.7. The van der Waals surface area contributed by atoms with E-state index < -0.39 is 33.6 Å². The second-order valence-corrected chi connectivity index (χ2v) is 10.8. The standard InChI is InChI=1S/C24H27F3N2O4S/c25-24(26,27)23(31,17-5-1-2-6-17)18-8-10-19(11-9-18)28-22(30)15-16-4-3-7-21(14-16)34(32,33)29-20-12-13-20/h3-4,7-11,14,17,20,29,31H,1-2,5-6,12-13,15H2,(H,28,30). The van der Waals surface area contributed by atoms with Gasteiger partial charge in [0.25, 0.3) is 0 Å². The molecule has 1 atom stereocenters. The summed E-state index contributed by atoms with van der Waals surface area (Å²) in [5.74, 6) is -1.34. The number of benzene rings is 2. The summed E-state index contributed by atoms with van der Waals surface area (Å²) in [7, 11) is -3.65. The van der Waals surface area contributed by atoms with Crippen molar-refractivity contribution in [2.45, 2.75) is 67.7 Å². The van der Waals surface area contributed by atoms with Crippen LogP contribution in [0.4, 0.5) is 18.9 Å². The fourth-order valence-electron chi connectivity index (χ4n) is 4.48. The molecule has 4 rings (SSSR count). The molecule has 0 bridgehead atoms. The van der Waals surface area contributed by atoms with E-state index in [2.05, 4.69) is 10.0 Å². The lowest BCUT2D eigenvalue weighted by molar-refractivity contribution is -0.286. The van der Waals surface area contributed by atoms with Crippen molar-refractivity contribution in [3.63, 3.8) is 0 Å². The largest absolute Gasteiger partial charge is 0.421 e. The van der Waals surface area contributed by atoms with E-state index in [1.54, 1.807) is 12.1 Å². The summed E-state index contributed by atoms with van der Waals surface area (Å²) >= 11 is 0. The van der Waals surface area contributed by atoms with E-state index in [0.29, 0.717) is 31.2 Å². The van der Waals surface area contributed by atoms with Crippen LogP contribution in [0.25, 0.3) is 0 Å². The quantitative estimate of drug-likeness (QED) is 0.509. The molecule has 184 valence electrons. The molecule has 34 heavy (non-hydrogen) atoms. The minimum atomic E-state index is -4.81. The third-order valence-corrected chi connectivity index (χ3v) is 7.98. The van der Waals surface area contributed by atoms with Gasteiger partial charge in [-0.15, -0.1) is 0 Å². The van der Waals surface area contributed by atoms with Gasteiger partial charge in [-0.1, -0.05) is 37.1 Å². The topological polar surface area (TPSA) is 95.5 Å². The monoisotopic (exact) mass is 496 g/mol. The van der Waals surface area contributed by atoms with Crippen molar-refractivity contribution < 1.29 is 31.5 Å². The molecule has 2 aliphatic rings. The van der Waals surface area contributed by atoms with Gasteiger partial charge in [-0.25, -0.2) is 13.1 Å². The predicted octanol–water partition coefficient (Wildman–Crippen LogP) is 4.25. The average molecular weight is 497 g/mol. The predicted molar refractivity (Wildman–Crippen MR) is 120 cm³/mol. The Morgan fingerprint density at radius 3 is 2.24 bits per heavy atom. The van der Waals surface area contributed by atoms with Crippen molar-refractivity contribution in [1.29, 1.82) is 0 Å².